The molecule has 0 aliphatic heterocycles. The number of hydrogen-bond acceptors (Lipinski definition) is 2. The van der Waals surface area contributed by atoms with Crippen LogP contribution in [0.3, 0.4) is 0 Å². The molecular formula is C12H9FN2O. The number of nitrogens with zero attached hydrogens (tertiary/aromatic N) is 2. The lowest BCUT2D eigenvalue weighted by molar-refractivity contribution is 0.418. The molecule has 0 atom stereocenters. The molecule has 16 heavy (non-hydrogen) atoms. The lowest BCUT2D eigenvalue weighted by Gasteiger charge is -2.02. The number of benzene rings is 1. The highest BCUT2D eigenvalue weighted by Crippen LogP contribution is 2.19. The molecular weight excluding hydrogens is 207 g/mol. The topological polar surface area (TPSA) is 31.0 Å². The molecule has 0 radical (unpaired) electrons. The van der Waals surface area contributed by atoms with Crippen molar-refractivity contribution in [3.8, 4) is 0 Å². The molecule has 0 saturated carbocycles. The van der Waals surface area contributed by atoms with E-state index in [1.165, 1.54) is 6.07 Å². The fourth-order valence-electron chi connectivity index (χ4n) is 1.83. The van der Waals surface area contributed by atoms with Crippen molar-refractivity contribution in [1.82, 2.24) is 9.72 Å². The van der Waals surface area contributed by atoms with E-state index in [1.54, 1.807) is 24.6 Å². The van der Waals surface area contributed by atoms with Crippen LogP contribution in [0.4, 0.5) is 4.39 Å². The maximum absolute atomic E-state index is 13.4. The monoisotopic (exact) mass is 216 g/mol. The van der Waals surface area contributed by atoms with Gasteiger partial charge in [0.15, 0.2) is 0 Å². The van der Waals surface area contributed by atoms with Gasteiger partial charge in [-0.1, -0.05) is 11.2 Å². The Morgan fingerprint density at radius 1 is 1.31 bits per heavy atom. The Bertz CT molecular complexity index is 613. The fourth-order valence-corrected chi connectivity index (χ4v) is 1.83. The van der Waals surface area contributed by atoms with Crippen molar-refractivity contribution < 1.29 is 8.91 Å². The van der Waals surface area contributed by atoms with Gasteiger partial charge in [-0.3, -0.25) is 0 Å². The first-order chi connectivity index (χ1) is 7.84. The van der Waals surface area contributed by atoms with Crippen molar-refractivity contribution in [3.05, 3.63) is 54.3 Å². The van der Waals surface area contributed by atoms with Crippen LogP contribution in [0.5, 0.6) is 0 Å². The Balaban J connectivity index is 2.08. The second kappa shape index (κ2) is 3.48. The zero-order valence-corrected chi connectivity index (χ0v) is 8.43. The smallest absolute Gasteiger partial charge is 0.132 e. The Morgan fingerprint density at radius 3 is 3.06 bits per heavy atom. The van der Waals surface area contributed by atoms with Crippen LogP contribution < -0.4 is 0 Å². The summed E-state index contributed by atoms with van der Waals surface area (Å²) < 4.78 is 20.2. The molecule has 0 unspecified atom stereocenters. The lowest BCUT2D eigenvalue weighted by atomic mass is 10.2. The number of fused-ring (bicyclic) bond motifs is 1. The molecule has 0 bridgehead atoms. The third-order valence-corrected chi connectivity index (χ3v) is 2.60. The summed E-state index contributed by atoms with van der Waals surface area (Å²) in [7, 11) is 0. The predicted molar refractivity (Wildman–Crippen MR) is 57.5 cm³/mol. The standard InChI is InChI=1S/C12H9FN2O/c13-11-2-1-3-12-10(11)4-5-15(12)7-9-6-14-16-8-9/h1-6,8H,7H2. The van der Waals surface area contributed by atoms with Gasteiger partial charge in [0, 0.05) is 17.1 Å². The van der Waals surface area contributed by atoms with Crippen LogP contribution in [-0.2, 0) is 6.54 Å². The molecule has 3 nitrogen and oxygen atoms in total. The minimum absolute atomic E-state index is 0.193. The van der Waals surface area contributed by atoms with Gasteiger partial charge in [0.1, 0.15) is 12.1 Å². The first-order valence-electron chi connectivity index (χ1n) is 4.96. The van der Waals surface area contributed by atoms with Gasteiger partial charge in [0.05, 0.1) is 18.3 Å². The van der Waals surface area contributed by atoms with Crippen LogP contribution >= 0.6 is 0 Å². The first kappa shape index (κ1) is 9.15. The van der Waals surface area contributed by atoms with Gasteiger partial charge in [0.2, 0.25) is 0 Å². The number of hydrogen-bond donors (Lipinski definition) is 0. The zero-order valence-electron chi connectivity index (χ0n) is 8.43. The summed E-state index contributed by atoms with van der Waals surface area (Å²) in [4.78, 5) is 0. The minimum Gasteiger partial charge on any atom is -0.364 e. The Kier molecular flexibility index (Phi) is 1.99. The second-order valence-corrected chi connectivity index (χ2v) is 3.65. The van der Waals surface area contributed by atoms with Gasteiger partial charge in [-0.25, -0.2) is 4.39 Å². The molecule has 0 N–H and O–H groups in total. The molecule has 3 aromatic rings. The molecule has 3 rings (SSSR count). The number of halogens is 1. The van der Waals surface area contributed by atoms with E-state index in [0.717, 1.165) is 11.1 Å². The average molecular weight is 216 g/mol. The Hall–Kier alpha value is -2.10. The molecule has 0 aliphatic rings. The predicted octanol–water partition coefficient (Wildman–Crippen LogP) is 2.82. The van der Waals surface area contributed by atoms with Gasteiger partial charge in [0.25, 0.3) is 0 Å². The molecule has 0 aliphatic carbocycles. The van der Waals surface area contributed by atoms with Crippen molar-refractivity contribution in [1.29, 1.82) is 0 Å². The van der Waals surface area contributed by atoms with Crippen molar-refractivity contribution in [2.24, 2.45) is 0 Å². The van der Waals surface area contributed by atoms with Gasteiger partial charge in [-0.05, 0) is 18.2 Å². The van der Waals surface area contributed by atoms with Crippen molar-refractivity contribution in [2.75, 3.05) is 0 Å². The van der Waals surface area contributed by atoms with Crippen LogP contribution in [0.15, 0.2) is 47.4 Å². The molecule has 2 heterocycles. The normalized spacial score (nSPS) is 11.1. The molecule has 80 valence electrons. The summed E-state index contributed by atoms with van der Waals surface area (Å²) in [6, 6.07) is 6.85. The summed E-state index contributed by atoms with van der Waals surface area (Å²) in [5.41, 5.74) is 1.84. The van der Waals surface area contributed by atoms with E-state index in [-0.39, 0.29) is 5.82 Å². The van der Waals surface area contributed by atoms with E-state index in [2.05, 4.69) is 5.16 Å². The summed E-state index contributed by atoms with van der Waals surface area (Å²) in [5, 5.41) is 4.28. The number of rotatable bonds is 2. The third-order valence-electron chi connectivity index (χ3n) is 2.60. The maximum atomic E-state index is 13.4. The van der Waals surface area contributed by atoms with Gasteiger partial charge in [-0.15, -0.1) is 0 Å². The van der Waals surface area contributed by atoms with Crippen LogP contribution in [0.2, 0.25) is 0 Å². The van der Waals surface area contributed by atoms with Gasteiger partial charge >= 0.3 is 0 Å². The van der Waals surface area contributed by atoms with Crippen LogP contribution in [0.25, 0.3) is 10.9 Å². The van der Waals surface area contributed by atoms with Gasteiger partial charge in [-0.2, -0.15) is 0 Å². The zero-order chi connectivity index (χ0) is 11.0. The first-order valence-corrected chi connectivity index (χ1v) is 4.96. The Morgan fingerprint density at radius 2 is 2.25 bits per heavy atom. The van der Waals surface area contributed by atoms with Gasteiger partial charge < -0.3 is 9.09 Å². The third kappa shape index (κ3) is 1.39. The molecule has 4 heteroatoms. The highest BCUT2D eigenvalue weighted by molar-refractivity contribution is 5.80. The molecule has 2 aromatic heterocycles. The van der Waals surface area contributed by atoms with E-state index < -0.39 is 0 Å². The van der Waals surface area contributed by atoms with E-state index in [9.17, 15) is 4.39 Å². The largest absolute Gasteiger partial charge is 0.364 e. The summed E-state index contributed by atoms with van der Waals surface area (Å²) in [6.45, 7) is 0.635. The molecule has 0 amide bonds. The number of aromatic nitrogens is 2. The minimum atomic E-state index is -0.193. The van der Waals surface area contributed by atoms with E-state index >= 15 is 0 Å². The van der Waals surface area contributed by atoms with Crippen LogP contribution in [0.1, 0.15) is 5.56 Å². The lowest BCUT2D eigenvalue weighted by Crippen LogP contribution is -1.96. The fraction of sp³-hybridized carbons (Fsp3) is 0.0833. The SMILES string of the molecule is Fc1cccc2c1ccn2Cc1cnoc1. The quantitative estimate of drug-likeness (QED) is 0.659. The Labute approximate surface area is 91.1 Å². The highest BCUT2D eigenvalue weighted by atomic mass is 19.1. The van der Waals surface area contributed by atoms with E-state index in [0.29, 0.717) is 11.9 Å². The summed E-state index contributed by atoms with van der Waals surface area (Å²) in [6.07, 6.45) is 5.11. The molecule has 0 spiro atoms. The average Bonchev–Trinajstić information content (AvgIpc) is 2.90. The summed E-state index contributed by atoms with van der Waals surface area (Å²) >= 11 is 0. The summed E-state index contributed by atoms with van der Waals surface area (Å²) in [5.74, 6) is -0.193. The maximum Gasteiger partial charge on any atom is 0.132 e. The highest BCUT2D eigenvalue weighted by Gasteiger charge is 2.05. The molecule has 0 saturated heterocycles. The van der Waals surface area contributed by atoms with Crippen LogP contribution in [0, 0.1) is 5.82 Å². The van der Waals surface area contributed by atoms with Crippen LogP contribution in [-0.4, -0.2) is 9.72 Å². The molecule has 1 aromatic carbocycles. The van der Waals surface area contributed by atoms with Crippen molar-refractivity contribution in [3.63, 3.8) is 0 Å². The van der Waals surface area contributed by atoms with E-state index in [1.807, 2.05) is 16.8 Å². The molecule has 0 fully saturated rings. The van der Waals surface area contributed by atoms with Crippen molar-refractivity contribution >= 4 is 10.9 Å². The van der Waals surface area contributed by atoms with Crippen molar-refractivity contribution in [2.45, 2.75) is 6.54 Å². The second-order valence-electron chi connectivity index (χ2n) is 3.65. The van der Waals surface area contributed by atoms with E-state index in [4.69, 9.17) is 4.52 Å².